The molecule has 0 saturated carbocycles. The third kappa shape index (κ3) is 2.77. The van der Waals surface area contributed by atoms with Crippen molar-refractivity contribution in [3.63, 3.8) is 0 Å². The Morgan fingerprint density at radius 1 is 1.19 bits per heavy atom. The van der Waals surface area contributed by atoms with Crippen LogP contribution in [-0.2, 0) is 4.79 Å². The number of ether oxygens (including phenoxy) is 3. The number of hydrogen-bond acceptors (Lipinski definition) is 6. The van der Waals surface area contributed by atoms with Crippen molar-refractivity contribution < 1.29 is 19.0 Å². The number of aryl methyl sites for hydroxylation is 1. The molecule has 0 amide bonds. The molecule has 1 aromatic heterocycles. The van der Waals surface area contributed by atoms with Gasteiger partial charge in [-0.2, -0.15) is 0 Å². The fraction of sp³-hybridized carbons (Fsp3) is 0.211. The van der Waals surface area contributed by atoms with Crippen LogP contribution in [-0.4, -0.2) is 28.7 Å². The summed E-state index contributed by atoms with van der Waals surface area (Å²) in [7, 11) is 0. The highest BCUT2D eigenvalue weighted by atomic mass is 16.7. The minimum atomic E-state index is -0.223. The molecule has 132 valence electrons. The molecule has 0 spiro atoms. The van der Waals surface area contributed by atoms with Gasteiger partial charge in [-0.15, -0.1) is 0 Å². The van der Waals surface area contributed by atoms with Crippen molar-refractivity contribution in [2.24, 2.45) is 0 Å². The van der Waals surface area contributed by atoms with Gasteiger partial charge in [0.15, 0.2) is 17.3 Å². The van der Waals surface area contributed by atoms with Gasteiger partial charge in [0.1, 0.15) is 18.2 Å². The zero-order valence-electron chi connectivity index (χ0n) is 14.3. The molecule has 26 heavy (non-hydrogen) atoms. The Morgan fingerprint density at radius 3 is 2.81 bits per heavy atom. The Morgan fingerprint density at radius 2 is 2.00 bits per heavy atom. The summed E-state index contributed by atoms with van der Waals surface area (Å²) in [6, 6.07) is 10.3. The number of aromatic nitrogens is 2. The smallest absolute Gasteiger partial charge is 0.266 e. The minimum absolute atomic E-state index is 0.0405. The molecular formula is C19H16N2O5. The maximum atomic E-state index is 13.1. The van der Waals surface area contributed by atoms with Crippen LogP contribution in [0.2, 0.25) is 0 Å². The molecule has 2 aromatic carbocycles. The van der Waals surface area contributed by atoms with Crippen molar-refractivity contribution in [1.29, 1.82) is 0 Å². The molecule has 0 aliphatic carbocycles. The van der Waals surface area contributed by atoms with Crippen LogP contribution < -0.4 is 19.8 Å². The van der Waals surface area contributed by atoms with E-state index in [0.29, 0.717) is 39.7 Å². The highest BCUT2D eigenvalue weighted by Gasteiger charge is 2.17. The number of carbonyl (C=O) groups excluding carboxylic acids is 1. The average molecular weight is 352 g/mol. The normalized spacial score (nSPS) is 12.4. The number of fused-ring (bicyclic) bond motifs is 2. The standard InChI is InChI=1S/C19H16N2O5/c1-11(22)9-24-14-4-5-16-15(8-14)19(23)21(12(2)20-16)13-3-6-17-18(7-13)26-10-25-17/h3-8H,9-10H2,1-2H3. The maximum Gasteiger partial charge on any atom is 0.266 e. The van der Waals surface area contributed by atoms with Crippen molar-refractivity contribution in [2.75, 3.05) is 13.4 Å². The predicted molar refractivity (Wildman–Crippen MR) is 94.4 cm³/mol. The number of carbonyl (C=O) groups is 1. The third-order valence-corrected chi connectivity index (χ3v) is 4.06. The van der Waals surface area contributed by atoms with Gasteiger partial charge in [-0.25, -0.2) is 4.98 Å². The summed E-state index contributed by atoms with van der Waals surface area (Å²) in [5.41, 5.74) is 0.987. The molecule has 0 saturated heterocycles. The van der Waals surface area contributed by atoms with Crippen LogP contribution in [0.5, 0.6) is 17.2 Å². The molecule has 0 unspecified atom stereocenters. The van der Waals surface area contributed by atoms with E-state index in [4.69, 9.17) is 14.2 Å². The molecule has 3 aromatic rings. The molecule has 0 N–H and O–H groups in total. The predicted octanol–water partition coefficient (Wildman–Crippen LogP) is 2.39. The second kappa shape index (κ2) is 6.18. The Bertz CT molecular complexity index is 1090. The van der Waals surface area contributed by atoms with Crippen molar-refractivity contribution >= 4 is 16.7 Å². The lowest BCUT2D eigenvalue weighted by molar-refractivity contribution is -0.118. The lowest BCUT2D eigenvalue weighted by atomic mass is 10.2. The Kier molecular flexibility index (Phi) is 3.84. The van der Waals surface area contributed by atoms with Crippen LogP contribution in [0, 0.1) is 6.92 Å². The molecule has 0 atom stereocenters. The Balaban J connectivity index is 1.84. The molecule has 4 rings (SSSR count). The van der Waals surface area contributed by atoms with Crippen LogP contribution >= 0.6 is 0 Å². The van der Waals surface area contributed by atoms with Gasteiger partial charge in [0, 0.05) is 6.07 Å². The molecule has 1 aliphatic heterocycles. The van der Waals surface area contributed by atoms with E-state index in [1.54, 1.807) is 43.3 Å². The number of ketones is 1. The van der Waals surface area contributed by atoms with E-state index in [-0.39, 0.29) is 24.7 Å². The molecule has 2 heterocycles. The highest BCUT2D eigenvalue weighted by Crippen LogP contribution is 2.33. The first-order valence-corrected chi connectivity index (χ1v) is 8.08. The van der Waals surface area contributed by atoms with Crippen LogP contribution in [0.4, 0.5) is 0 Å². The van der Waals surface area contributed by atoms with E-state index in [0.717, 1.165) is 0 Å². The van der Waals surface area contributed by atoms with Gasteiger partial charge in [-0.05, 0) is 44.2 Å². The highest BCUT2D eigenvalue weighted by molar-refractivity contribution is 5.80. The number of Topliss-reactive ketones (excluding diaryl/α,β-unsaturated/α-hetero) is 1. The summed E-state index contributed by atoms with van der Waals surface area (Å²) in [6.07, 6.45) is 0. The zero-order valence-corrected chi connectivity index (χ0v) is 14.3. The fourth-order valence-corrected chi connectivity index (χ4v) is 2.88. The molecule has 0 radical (unpaired) electrons. The first kappa shape index (κ1) is 16.1. The maximum absolute atomic E-state index is 13.1. The largest absolute Gasteiger partial charge is 0.486 e. The summed E-state index contributed by atoms with van der Waals surface area (Å²) in [5, 5.41) is 0.411. The van der Waals surface area contributed by atoms with E-state index in [1.165, 1.54) is 11.5 Å². The van der Waals surface area contributed by atoms with Crippen molar-refractivity contribution in [2.45, 2.75) is 13.8 Å². The molecule has 7 nitrogen and oxygen atoms in total. The number of hydrogen-bond donors (Lipinski definition) is 0. The van der Waals surface area contributed by atoms with E-state index in [2.05, 4.69) is 4.98 Å². The molecule has 7 heteroatoms. The minimum Gasteiger partial charge on any atom is -0.486 e. The van der Waals surface area contributed by atoms with Gasteiger partial charge < -0.3 is 14.2 Å². The average Bonchev–Trinajstić information content (AvgIpc) is 3.08. The van der Waals surface area contributed by atoms with Gasteiger partial charge in [0.2, 0.25) is 6.79 Å². The molecule has 1 aliphatic rings. The summed E-state index contributed by atoms with van der Waals surface area (Å²) in [4.78, 5) is 28.7. The van der Waals surface area contributed by atoms with Crippen LogP contribution in [0.1, 0.15) is 12.7 Å². The van der Waals surface area contributed by atoms with Crippen molar-refractivity contribution in [3.8, 4) is 22.9 Å². The second-order valence-electron chi connectivity index (χ2n) is 6.01. The van der Waals surface area contributed by atoms with Gasteiger partial charge in [-0.3, -0.25) is 14.2 Å². The van der Waals surface area contributed by atoms with Crippen LogP contribution in [0.15, 0.2) is 41.2 Å². The quantitative estimate of drug-likeness (QED) is 0.717. The molecular weight excluding hydrogens is 336 g/mol. The topological polar surface area (TPSA) is 79.7 Å². The van der Waals surface area contributed by atoms with Gasteiger partial charge in [0.05, 0.1) is 16.6 Å². The second-order valence-corrected chi connectivity index (χ2v) is 6.01. The van der Waals surface area contributed by atoms with E-state index in [1.807, 2.05) is 0 Å². The summed E-state index contributed by atoms with van der Waals surface area (Å²) >= 11 is 0. The fourth-order valence-electron chi connectivity index (χ4n) is 2.88. The van der Waals surface area contributed by atoms with E-state index < -0.39 is 0 Å². The summed E-state index contributed by atoms with van der Waals surface area (Å²) in [5.74, 6) is 2.15. The van der Waals surface area contributed by atoms with Crippen molar-refractivity contribution in [3.05, 3.63) is 52.6 Å². The van der Waals surface area contributed by atoms with Crippen LogP contribution in [0.25, 0.3) is 16.6 Å². The van der Waals surface area contributed by atoms with Crippen LogP contribution in [0.3, 0.4) is 0 Å². The van der Waals surface area contributed by atoms with Gasteiger partial charge in [-0.1, -0.05) is 0 Å². The van der Waals surface area contributed by atoms with Crippen molar-refractivity contribution in [1.82, 2.24) is 9.55 Å². The van der Waals surface area contributed by atoms with Gasteiger partial charge in [0.25, 0.3) is 5.56 Å². The van der Waals surface area contributed by atoms with E-state index >= 15 is 0 Å². The first-order valence-electron chi connectivity index (χ1n) is 8.08. The SMILES string of the molecule is CC(=O)COc1ccc2nc(C)n(-c3ccc4c(c3)OCO4)c(=O)c2c1. The lowest BCUT2D eigenvalue weighted by Crippen LogP contribution is -2.22. The lowest BCUT2D eigenvalue weighted by Gasteiger charge is -2.12. The van der Waals surface area contributed by atoms with Gasteiger partial charge >= 0.3 is 0 Å². The van der Waals surface area contributed by atoms with E-state index in [9.17, 15) is 9.59 Å². The zero-order chi connectivity index (χ0) is 18.3. The first-order chi connectivity index (χ1) is 12.5. The summed E-state index contributed by atoms with van der Waals surface area (Å²) < 4.78 is 17.6. The number of rotatable bonds is 4. The summed E-state index contributed by atoms with van der Waals surface area (Å²) in [6.45, 7) is 3.34. The third-order valence-electron chi connectivity index (χ3n) is 4.06. The Labute approximate surface area is 148 Å². The Hall–Kier alpha value is -3.35. The monoisotopic (exact) mass is 352 g/mol. The molecule has 0 bridgehead atoms. The number of benzene rings is 2. The number of nitrogens with zero attached hydrogens (tertiary/aromatic N) is 2. The molecule has 0 fully saturated rings.